The lowest BCUT2D eigenvalue weighted by molar-refractivity contribution is -0.203. The van der Waals surface area contributed by atoms with Crippen molar-refractivity contribution < 1.29 is 19.1 Å². The first-order valence-electron chi connectivity index (χ1n) is 10.1. The highest BCUT2D eigenvalue weighted by Gasteiger charge is 2.59. The van der Waals surface area contributed by atoms with E-state index in [1.165, 1.54) is 38.5 Å². The molecule has 4 fully saturated rings. The predicted molar refractivity (Wildman–Crippen MR) is 95.7 cm³/mol. The molecule has 142 valence electrons. The van der Waals surface area contributed by atoms with Crippen molar-refractivity contribution >= 4 is 11.9 Å². The summed E-state index contributed by atoms with van der Waals surface area (Å²) < 4.78 is 11.1. The largest absolute Gasteiger partial charge is 0.466 e. The van der Waals surface area contributed by atoms with Crippen molar-refractivity contribution in [1.29, 1.82) is 0 Å². The Kier molecular flexibility index (Phi) is 4.93. The molecule has 0 amide bonds. The van der Waals surface area contributed by atoms with E-state index in [9.17, 15) is 9.59 Å². The lowest BCUT2D eigenvalue weighted by Gasteiger charge is -2.61. The fourth-order valence-electron chi connectivity index (χ4n) is 5.98. The number of hydrogen-bond donors (Lipinski definition) is 0. The SMILES string of the molecule is CCOC(=O)C(C)C(C)C(=O)OC(C)(C)C12CC3CC(CC(C3)C1)C2. The van der Waals surface area contributed by atoms with E-state index in [-0.39, 0.29) is 17.4 Å². The summed E-state index contributed by atoms with van der Waals surface area (Å²) in [5.74, 6) is 0.924. The molecule has 4 nitrogen and oxygen atoms in total. The minimum Gasteiger partial charge on any atom is -0.466 e. The van der Waals surface area contributed by atoms with Gasteiger partial charge >= 0.3 is 11.9 Å². The standard InChI is InChI=1S/C21H34O4/c1-6-24-18(22)13(2)14(3)19(23)25-20(4,5)21-10-15-7-16(11-21)9-17(8-15)12-21/h13-17H,6-12H2,1-5H3. The van der Waals surface area contributed by atoms with Gasteiger partial charge in [-0.1, -0.05) is 13.8 Å². The highest BCUT2D eigenvalue weighted by molar-refractivity contribution is 5.81. The van der Waals surface area contributed by atoms with Gasteiger partial charge in [-0.3, -0.25) is 9.59 Å². The molecule has 4 rings (SSSR count). The van der Waals surface area contributed by atoms with Gasteiger partial charge < -0.3 is 9.47 Å². The number of carbonyl (C=O) groups excluding carboxylic acids is 2. The van der Waals surface area contributed by atoms with E-state index in [4.69, 9.17) is 9.47 Å². The summed E-state index contributed by atoms with van der Waals surface area (Å²) in [6.07, 6.45) is 7.71. The van der Waals surface area contributed by atoms with Crippen LogP contribution in [-0.2, 0) is 19.1 Å². The average Bonchev–Trinajstić information content (AvgIpc) is 2.51. The Morgan fingerprint density at radius 3 is 1.84 bits per heavy atom. The Morgan fingerprint density at radius 2 is 1.40 bits per heavy atom. The van der Waals surface area contributed by atoms with E-state index < -0.39 is 17.4 Å². The maximum Gasteiger partial charge on any atom is 0.310 e. The average molecular weight is 350 g/mol. The van der Waals surface area contributed by atoms with Crippen molar-refractivity contribution in [1.82, 2.24) is 0 Å². The molecule has 0 N–H and O–H groups in total. The van der Waals surface area contributed by atoms with Gasteiger partial charge in [0.15, 0.2) is 0 Å². The van der Waals surface area contributed by atoms with Crippen LogP contribution in [0.25, 0.3) is 0 Å². The number of rotatable bonds is 6. The molecule has 2 unspecified atom stereocenters. The monoisotopic (exact) mass is 350 g/mol. The van der Waals surface area contributed by atoms with Gasteiger partial charge in [-0.25, -0.2) is 0 Å². The molecule has 4 aliphatic carbocycles. The lowest BCUT2D eigenvalue weighted by Crippen LogP contribution is -2.57. The fraction of sp³-hybridized carbons (Fsp3) is 0.905. The molecule has 0 aromatic carbocycles. The van der Waals surface area contributed by atoms with E-state index in [0.717, 1.165) is 17.8 Å². The van der Waals surface area contributed by atoms with Gasteiger partial charge in [0, 0.05) is 5.41 Å². The molecule has 0 spiro atoms. The maximum absolute atomic E-state index is 12.8. The van der Waals surface area contributed by atoms with Gasteiger partial charge in [-0.15, -0.1) is 0 Å². The highest BCUT2D eigenvalue weighted by Crippen LogP contribution is 2.64. The summed E-state index contributed by atoms with van der Waals surface area (Å²) in [6, 6.07) is 0. The molecule has 4 bridgehead atoms. The van der Waals surface area contributed by atoms with E-state index in [2.05, 4.69) is 13.8 Å². The van der Waals surface area contributed by atoms with Crippen LogP contribution in [0.3, 0.4) is 0 Å². The Bertz CT molecular complexity index is 501. The molecule has 0 heterocycles. The number of carbonyl (C=O) groups is 2. The molecule has 4 aliphatic rings. The van der Waals surface area contributed by atoms with Crippen LogP contribution in [0.4, 0.5) is 0 Å². The van der Waals surface area contributed by atoms with E-state index in [1.54, 1.807) is 20.8 Å². The van der Waals surface area contributed by atoms with Crippen molar-refractivity contribution in [3.8, 4) is 0 Å². The van der Waals surface area contributed by atoms with Gasteiger partial charge in [0.1, 0.15) is 5.60 Å². The summed E-state index contributed by atoms with van der Waals surface area (Å²) >= 11 is 0. The lowest BCUT2D eigenvalue weighted by atomic mass is 9.46. The Hall–Kier alpha value is -1.06. The van der Waals surface area contributed by atoms with Crippen LogP contribution in [0.1, 0.15) is 73.1 Å². The quantitative estimate of drug-likeness (QED) is 0.668. The Morgan fingerprint density at radius 1 is 0.960 bits per heavy atom. The van der Waals surface area contributed by atoms with Gasteiger partial charge in [0.25, 0.3) is 0 Å². The summed E-state index contributed by atoms with van der Waals surface area (Å²) in [7, 11) is 0. The van der Waals surface area contributed by atoms with E-state index in [0.29, 0.717) is 6.61 Å². The molecule has 0 aromatic heterocycles. The third-order valence-corrected chi connectivity index (χ3v) is 7.45. The van der Waals surface area contributed by atoms with Gasteiger partial charge in [-0.05, 0) is 77.0 Å². The molecule has 0 saturated heterocycles. The van der Waals surface area contributed by atoms with Crippen LogP contribution >= 0.6 is 0 Å². The summed E-state index contributed by atoms with van der Waals surface area (Å²) in [6.45, 7) is 9.84. The zero-order valence-corrected chi connectivity index (χ0v) is 16.5. The van der Waals surface area contributed by atoms with Crippen LogP contribution in [0, 0.1) is 35.0 Å². The number of ether oxygens (including phenoxy) is 2. The van der Waals surface area contributed by atoms with Crippen LogP contribution in [0.5, 0.6) is 0 Å². The molecular formula is C21H34O4. The predicted octanol–water partition coefficient (Wildman–Crippen LogP) is 4.36. The normalized spacial score (nSPS) is 36.0. The summed E-state index contributed by atoms with van der Waals surface area (Å²) in [5, 5.41) is 0. The second kappa shape index (κ2) is 6.59. The topological polar surface area (TPSA) is 52.6 Å². The minimum atomic E-state index is -0.479. The van der Waals surface area contributed by atoms with Crippen molar-refractivity contribution in [2.24, 2.45) is 35.0 Å². The van der Waals surface area contributed by atoms with Crippen molar-refractivity contribution in [2.75, 3.05) is 6.61 Å². The van der Waals surface area contributed by atoms with Gasteiger partial charge in [0.2, 0.25) is 0 Å². The van der Waals surface area contributed by atoms with Crippen LogP contribution in [0.2, 0.25) is 0 Å². The first-order valence-corrected chi connectivity index (χ1v) is 10.1. The van der Waals surface area contributed by atoms with Crippen LogP contribution in [-0.4, -0.2) is 24.1 Å². The van der Waals surface area contributed by atoms with Crippen molar-refractivity contribution in [3.05, 3.63) is 0 Å². The third-order valence-electron chi connectivity index (χ3n) is 7.45. The molecule has 4 heteroatoms. The third kappa shape index (κ3) is 3.33. The van der Waals surface area contributed by atoms with Gasteiger partial charge in [-0.2, -0.15) is 0 Å². The second-order valence-electron chi connectivity index (χ2n) is 9.46. The Labute approximate surface area is 152 Å². The Balaban J connectivity index is 1.69. The molecule has 2 atom stereocenters. The first kappa shape index (κ1) is 18.7. The van der Waals surface area contributed by atoms with E-state index in [1.807, 2.05) is 0 Å². The van der Waals surface area contributed by atoms with Crippen molar-refractivity contribution in [2.45, 2.75) is 78.7 Å². The maximum atomic E-state index is 12.8. The second-order valence-corrected chi connectivity index (χ2v) is 9.46. The number of esters is 2. The van der Waals surface area contributed by atoms with Crippen molar-refractivity contribution in [3.63, 3.8) is 0 Å². The molecule has 0 aliphatic heterocycles. The van der Waals surface area contributed by atoms with Crippen LogP contribution < -0.4 is 0 Å². The zero-order chi connectivity index (χ0) is 18.4. The van der Waals surface area contributed by atoms with E-state index >= 15 is 0 Å². The highest BCUT2D eigenvalue weighted by atomic mass is 16.6. The summed E-state index contributed by atoms with van der Waals surface area (Å²) in [4.78, 5) is 24.7. The molecule has 0 radical (unpaired) electrons. The molecule has 4 saturated carbocycles. The molecule has 0 aromatic rings. The van der Waals surface area contributed by atoms with Crippen LogP contribution in [0.15, 0.2) is 0 Å². The molecule has 25 heavy (non-hydrogen) atoms. The summed E-state index contributed by atoms with van der Waals surface area (Å²) in [5.41, 5.74) is -0.340. The fourth-order valence-corrected chi connectivity index (χ4v) is 5.98. The van der Waals surface area contributed by atoms with Gasteiger partial charge in [0.05, 0.1) is 18.4 Å². The zero-order valence-electron chi connectivity index (χ0n) is 16.5. The smallest absolute Gasteiger partial charge is 0.310 e. The molecular weight excluding hydrogens is 316 g/mol. The number of hydrogen-bond acceptors (Lipinski definition) is 4. The first-order chi connectivity index (χ1) is 11.7. The minimum absolute atomic E-state index is 0.129.